The van der Waals surface area contributed by atoms with E-state index in [1.54, 1.807) is 13.0 Å². The highest BCUT2D eigenvalue weighted by molar-refractivity contribution is 5.98. The number of aromatic nitrogens is 1. The maximum atomic E-state index is 13.2. The molecule has 9 heteroatoms. The van der Waals surface area contributed by atoms with Gasteiger partial charge in [-0.2, -0.15) is 13.2 Å². The number of aryl methyl sites for hydroxylation is 1. The lowest BCUT2D eigenvalue weighted by atomic mass is 10.1. The Morgan fingerprint density at radius 1 is 1.30 bits per heavy atom. The summed E-state index contributed by atoms with van der Waals surface area (Å²) in [7, 11) is 0. The number of nitro groups is 1. The third kappa shape index (κ3) is 3.81. The van der Waals surface area contributed by atoms with E-state index >= 15 is 0 Å². The van der Waals surface area contributed by atoms with Crippen LogP contribution in [0.2, 0.25) is 0 Å². The predicted molar refractivity (Wildman–Crippen MR) is 90.1 cm³/mol. The topological polar surface area (TPSA) is 74.4 Å². The highest BCUT2D eigenvalue weighted by atomic mass is 19.4. The number of benzene rings is 1. The minimum atomic E-state index is -4.84. The zero-order chi connectivity index (χ0) is 19.9. The van der Waals surface area contributed by atoms with Crippen LogP contribution in [0.15, 0.2) is 24.3 Å². The van der Waals surface area contributed by atoms with Crippen molar-refractivity contribution >= 4 is 11.5 Å². The quantitative estimate of drug-likeness (QED) is 0.415. The van der Waals surface area contributed by atoms with Crippen molar-refractivity contribution in [1.82, 2.24) is 4.57 Å². The molecule has 144 valence electrons. The molecular weight excluding hydrogens is 365 g/mol. The summed E-state index contributed by atoms with van der Waals surface area (Å²) in [5.74, 6) is -1.06. The fourth-order valence-electron chi connectivity index (χ4n) is 3.15. The number of hydrogen-bond acceptors (Lipinski definition) is 4. The van der Waals surface area contributed by atoms with E-state index in [4.69, 9.17) is 4.74 Å². The molecule has 0 bridgehead atoms. The van der Waals surface area contributed by atoms with Crippen LogP contribution in [-0.4, -0.2) is 21.9 Å². The number of ketones is 1. The Kier molecular flexibility index (Phi) is 4.71. The molecule has 0 spiro atoms. The normalized spacial score (nSPS) is 14.3. The van der Waals surface area contributed by atoms with Gasteiger partial charge in [0.2, 0.25) is 5.78 Å². The number of carbonyl (C=O) groups excluding carboxylic acids is 1. The van der Waals surface area contributed by atoms with Gasteiger partial charge in [0.25, 0.3) is 5.69 Å². The summed E-state index contributed by atoms with van der Waals surface area (Å²) >= 11 is 0. The maximum absolute atomic E-state index is 13.2. The Labute approximate surface area is 152 Å². The lowest BCUT2D eigenvalue weighted by molar-refractivity contribution is -0.385. The van der Waals surface area contributed by atoms with Gasteiger partial charge in [0.15, 0.2) is 6.61 Å². The standard InChI is InChI=1S/C18H17F3N2O4/c1-10-7-14(11(2)22(10)12-3-4-12)16(24)9-27-17-6-5-13(23(25)26)8-15(17)18(19,20)21/h5-8,12H,3-4,9H2,1-2H3. The van der Waals surface area contributed by atoms with E-state index in [0.717, 1.165) is 36.4 Å². The molecule has 1 aromatic heterocycles. The fraction of sp³-hybridized carbons (Fsp3) is 0.389. The van der Waals surface area contributed by atoms with Crippen molar-refractivity contribution in [2.45, 2.75) is 38.9 Å². The van der Waals surface area contributed by atoms with Crippen LogP contribution in [0.3, 0.4) is 0 Å². The van der Waals surface area contributed by atoms with Crippen LogP contribution in [0.1, 0.15) is 46.2 Å². The Morgan fingerprint density at radius 3 is 2.52 bits per heavy atom. The molecule has 1 aromatic carbocycles. The summed E-state index contributed by atoms with van der Waals surface area (Å²) in [4.78, 5) is 22.3. The summed E-state index contributed by atoms with van der Waals surface area (Å²) in [6, 6.07) is 4.26. The summed E-state index contributed by atoms with van der Waals surface area (Å²) in [5, 5.41) is 10.7. The van der Waals surface area contributed by atoms with Crippen molar-refractivity contribution < 1.29 is 27.6 Å². The summed E-state index contributed by atoms with van der Waals surface area (Å²) < 4.78 is 46.6. The van der Waals surface area contributed by atoms with Gasteiger partial charge in [-0.15, -0.1) is 0 Å². The number of alkyl halides is 3. The number of Topliss-reactive ketones (excluding diaryl/α,β-unsaturated/α-hetero) is 1. The number of carbonyl (C=O) groups is 1. The summed E-state index contributed by atoms with van der Waals surface area (Å²) in [6.45, 7) is 3.09. The molecule has 2 aromatic rings. The maximum Gasteiger partial charge on any atom is 0.420 e. The highest BCUT2D eigenvalue weighted by Gasteiger charge is 2.36. The third-order valence-electron chi connectivity index (χ3n) is 4.53. The van der Waals surface area contributed by atoms with Crippen LogP contribution in [-0.2, 0) is 6.18 Å². The Balaban J connectivity index is 1.81. The molecule has 0 aliphatic heterocycles. The van der Waals surface area contributed by atoms with Crippen LogP contribution in [0, 0.1) is 24.0 Å². The van der Waals surface area contributed by atoms with Gasteiger partial charge in [0, 0.05) is 35.1 Å². The van der Waals surface area contributed by atoms with Crippen LogP contribution in [0.4, 0.5) is 18.9 Å². The van der Waals surface area contributed by atoms with Crippen molar-refractivity contribution in [2.24, 2.45) is 0 Å². The van der Waals surface area contributed by atoms with Gasteiger partial charge in [0.1, 0.15) is 11.3 Å². The van der Waals surface area contributed by atoms with E-state index in [9.17, 15) is 28.1 Å². The van der Waals surface area contributed by atoms with Crippen molar-refractivity contribution in [3.63, 3.8) is 0 Å². The number of nitro benzene ring substituents is 1. The van der Waals surface area contributed by atoms with Crippen LogP contribution in [0.25, 0.3) is 0 Å². The van der Waals surface area contributed by atoms with E-state index < -0.39 is 40.5 Å². The molecule has 0 amide bonds. The molecule has 0 atom stereocenters. The molecule has 0 radical (unpaired) electrons. The Morgan fingerprint density at radius 2 is 1.96 bits per heavy atom. The van der Waals surface area contributed by atoms with E-state index in [1.807, 2.05) is 6.92 Å². The summed E-state index contributed by atoms with van der Waals surface area (Å²) in [5.41, 5.74) is 0.116. The fourth-order valence-corrected chi connectivity index (χ4v) is 3.15. The monoisotopic (exact) mass is 382 g/mol. The number of non-ortho nitro benzene ring substituents is 1. The average molecular weight is 382 g/mol. The second-order valence-corrected chi connectivity index (χ2v) is 6.53. The molecule has 0 N–H and O–H groups in total. The first-order valence-electron chi connectivity index (χ1n) is 8.29. The number of nitrogens with zero attached hydrogens (tertiary/aromatic N) is 2. The lowest BCUT2D eigenvalue weighted by Crippen LogP contribution is -2.16. The number of hydrogen-bond donors (Lipinski definition) is 0. The van der Waals surface area contributed by atoms with Crippen LogP contribution in [0.5, 0.6) is 5.75 Å². The number of ether oxygens (including phenoxy) is 1. The second-order valence-electron chi connectivity index (χ2n) is 6.53. The second kappa shape index (κ2) is 6.71. The average Bonchev–Trinajstić information content (AvgIpc) is 3.36. The molecule has 0 saturated heterocycles. The molecule has 1 fully saturated rings. The van der Waals surface area contributed by atoms with Crippen molar-refractivity contribution in [1.29, 1.82) is 0 Å². The first-order chi connectivity index (χ1) is 12.6. The molecule has 1 aliphatic carbocycles. The predicted octanol–water partition coefficient (Wildman–Crippen LogP) is 4.63. The molecule has 6 nitrogen and oxygen atoms in total. The molecule has 1 aliphatic rings. The zero-order valence-electron chi connectivity index (χ0n) is 14.7. The van der Waals surface area contributed by atoms with E-state index in [-0.39, 0.29) is 0 Å². The van der Waals surface area contributed by atoms with Crippen LogP contribution < -0.4 is 4.74 Å². The van der Waals surface area contributed by atoms with Gasteiger partial charge in [-0.3, -0.25) is 14.9 Å². The zero-order valence-corrected chi connectivity index (χ0v) is 14.7. The van der Waals surface area contributed by atoms with Gasteiger partial charge in [-0.05, 0) is 38.8 Å². The highest BCUT2D eigenvalue weighted by Crippen LogP contribution is 2.39. The van der Waals surface area contributed by atoms with Crippen LogP contribution >= 0.6 is 0 Å². The van der Waals surface area contributed by atoms with E-state index in [0.29, 0.717) is 17.7 Å². The van der Waals surface area contributed by atoms with Gasteiger partial charge < -0.3 is 9.30 Å². The minimum Gasteiger partial charge on any atom is -0.485 e. The molecule has 0 unspecified atom stereocenters. The van der Waals surface area contributed by atoms with Gasteiger partial charge >= 0.3 is 6.18 Å². The van der Waals surface area contributed by atoms with Gasteiger partial charge in [-0.1, -0.05) is 0 Å². The molecule has 1 heterocycles. The molecular formula is C18H17F3N2O4. The van der Waals surface area contributed by atoms with Crippen molar-refractivity contribution in [2.75, 3.05) is 6.61 Å². The number of rotatable bonds is 6. The minimum absolute atomic E-state index is 0.374. The van der Waals surface area contributed by atoms with Gasteiger partial charge in [0.05, 0.1) is 4.92 Å². The van der Waals surface area contributed by atoms with Gasteiger partial charge in [-0.25, -0.2) is 0 Å². The third-order valence-corrected chi connectivity index (χ3v) is 4.53. The smallest absolute Gasteiger partial charge is 0.420 e. The Bertz CT molecular complexity index is 914. The largest absolute Gasteiger partial charge is 0.485 e. The van der Waals surface area contributed by atoms with Crippen molar-refractivity contribution in [3.05, 3.63) is 56.9 Å². The Hall–Kier alpha value is -2.84. The molecule has 3 rings (SSSR count). The summed E-state index contributed by atoms with van der Waals surface area (Å²) in [6.07, 6.45) is -2.76. The lowest BCUT2D eigenvalue weighted by Gasteiger charge is -2.13. The SMILES string of the molecule is Cc1cc(C(=O)COc2ccc([N+](=O)[O-])cc2C(F)(F)F)c(C)n1C1CC1. The van der Waals surface area contributed by atoms with Crippen molar-refractivity contribution in [3.8, 4) is 5.75 Å². The first-order valence-corrected chi connectivity index (χ1v) is 8.29. The number of halogens is 3. The van der Waals surface area contributed by atoms with E-state index in [1.165, 1.54) is 0 Å². The van der Waals surface area contributed by atoms with E-state index in [2.05, 4.69) is 4.57 Å². The molecule has 1 saturated carbocycles. The molecule has 27 heavy (non-hydrogen) atoms. The first kappa shape index (κ1) is 18.9.